The molecule has 0 atom stereocenters. The van der Waals surface area contributed by atoms with Crippen molar-refractivity contribution in [2.24, 2.45) is 5.41 Å². The van der Waals surface area contributed by atoms with E-state index in [4.69, 9.17) is 11.6 Å². The zero-order chi connectivity index (χ0) is 15.3. The van der Waals surface area contributed by atoms with Crippen molar-refractivity contribution in [3.63, 3.8) is 0 Å². The van der Waals surface area contributed by atoms with E-state index in [1.54, 1.807) is 13.1 Å². The lowest BCUT2D eigenvalue weighted by Gasteiger charge is -2.28. The molecule has 5 nitrogen and oxygen atoms in total. The van der Waals surface area contributed by atoms with Gasteiger partial charge in [0.15, 0.2) is 0 Å². The molecule has 6 heteroatoms. The molecule has 0 saturated heterocycles. The van der Waals surface area contributed by atoms with Gasteiger partial charge in [-0.05, 0) is 25.6 Å². The van der Waals surface area contributed by atoms with Crippen molar-refractivity contribution in [2.75, 3.05) is 39.5 Å². The van der Waals surface area contributed by atoms with E-state index in [2.05, 4.69) is 34.4 Å². The minimum absolute atomic E-state index is 0.00129. The number of carbonyl (C=O) groups is 1. The minimum atomic E-state index is -0.158. The highest BCUT2D eigenvalue weighted by Crippen LogP contribution is 2.20. The Kier molecular flexibility index (Phi) is 5.77. The Morgan fingerprint density at radius 3 is 2.60 bits per heavy atom. The fourth-order valence-electron chi connectivity index (χ4n) is 2.08. The van der Waals surface area contributed by atoms with Gasteiger partial charge < -0.3 is 15.5 Å². The topological polar surface area (TPSA) is 57.3 Å². The number of carbonyl (C=O) groups excluding carboxylic acids is 1. The van der Waals surface area contributed by atoms with Crippen LogP contribution in [0.4, 0.5) is 5.82 Å². The fourth-order valence-corrected chi connectivity index (χ4v) is 2.34. The molecule has 0 unspecified atom stereocenters. The molecule has 2 N–H and O–H groups in total. The summed E-state index contributed by atoms with van der Waals surface area (Å²) >= 11 is 6.02. The van der Waals surface area contributed by atoms with E-state index in [0.29, 0.717) is 22.9 Å². The maximum atomic E-state index is 12.1. The quantitative estimate of drug-likeness (QED) is 0.844. The van der Waals surface area contributed by atoms with Crippen LogP contribution in [0.1, 0.15) is 24.2 Å². The molecule has 0 bridgehead atoms. The summed E-state index contributed by atoms with van der Waals surface area (Å²) in [5.74, 6) is 0.407. The smallest absolute Gasteiger partial charge is 0.252 e. The molecule has 0 aliphatic rings. The van der Waals surface area contributed by atoms with Crippen molar-refractivity contribution < 1.29 is 4.79 Å². The van der Waals surface area contributed by atoms with E-state index in [0.717, 1.165) is 6.54 Å². The van der Waals surface area contributed by atoms with Crippen molar-refractivity contribution >= 4 is 23.3 Å². The van der Waals surface area contributed by atoms with Gasteiger partial charge in [-0.3, -0.25) is 4.79 Å². The number of rotatable bonds is 6. The van der Waals surface area contributed by atoms with Crippen molar-refractivity contribution in [2.45, 2.75) is 13.8 Å². The molecule has 1 aromatic rings. The third-order valence-electron chi connectivity index (χ3n) is 2.81. The summed E-state index contributed by atoms with van der Waals surface area (Å²) in [6.45, 7) is 5.71. The number of anilines is 1. The molecule has 0 saturated carbocycles. The molecule has 1 aromatic heterocycles. The molecule has 0 aromatic carbocycles. The first kappa shape index (κ1) is 16.7. The summed E-state index contributed by atoms with van der Waals surface area (Å²) in [6.07, 6.45) is 1.52. The highest BCUT2D eigenvalue weighted by atomic mass is 35.5. The average molecular weight is 299 g/mol. The number of amides is 1. The van der Waals surface area contributed by atoms with Gasteiger partial charge in [0.1, 0.15) is 5.82 Å². The van der Waals surface area contributed by atoms with E-state index in [1.807, 2.05) is 14.1 Å². The number of pyridine rings is 1. The molecule has 0 aliphatic heterocycles. The van der Waals surface area contributed by atoms with Crippen LogP contribution in [0.5, 0.6) is 0 Å². The van der Waals surface area contributed by atoms with Crippen molar-refractivity contribution in [3.05, 3.63) is 22.8 Å². The molecule has 0 radical (unpaired) electrons. The Bertz CT molecular complexity index is 474. The molecule has 1 heterocycles. The average Bonchev–Trinajstić information content (AvgIpc) is 2.34. The van der Waals surface area contributed by atoms with Crippen LogP contribution in [-0.2, 0) is 0 Å². The SMILES string of the molecule is CNc1ncc(C(=O)NCC(C)(C)CN(C)C)cc1Cl. The van der Waals surface area contributed by atoms with Gasteiger partial charge >= 0.3 is 0 Å². The van der Waals surface area contributed by atoms with Gasteiger partial charge in [-0.1, -0.05) is 25.4 Å². The van der Waals surface area contributed by atoms with Crippen LogP contribution in [0.2, 0.25) is 5.02 Å². The predicted octanol–water partition coefficient (Wildman–Crippen LogP) is 2.09. The van der Waals surface area contributed by atoms with Crippen molar-refractivity contribution in [3.8, 4) is 0 Å². The summed E-state index contributed by atoms with van der Waals surface area (Å²) in [6, 6.07) is 1.62. The number of halogens is 1. The maximum absolute atomic E-state index is 12.1. The minimum Gasteiger partial charge on any atom is -0.372 e. The molecule has 0 fully saturated rings. The third-order valence-corrected chi connectivity index (χ3v) is 3.10. The molecular weight excluding hydrogens is 276 g/mol. The third kappa shape index (κ3) is 4.98. The number of aromatic nitrogens is 1. The van der Waals surface area contributed by atoms with E-state index < -0.39 is 0 Å². The standard InChI is InChI=1S/C14H23ClN4O/c1-14(2,9-19(4)5)8-18-13(20)10-6-11(15)12(16-3)17-7-10/h6-7H,8-9H2,1-5H3,(H,16,17)(H,18,20). The number of nitrogens with one attached hydrogen (secondary N) is 2. The Hall–Kier alpha value is -1.33. The lowest BCUT2D eigenvalue weighted by atomic mass is 9.93. The van der Waals surface area contributed by atoms with Crippen LogP contribution in [0.25, 0.3) is 0 Å². The molecule has 112 valence electrons. The normalized spacial score (nSPS) is 11.6. The maximum Gasteiger partial charge on any atom is 0.252 e. The highest BCUT2D eigenvalue weighted by molar-refractivity contribution is 6.33. The summed E-state index contributed by atoms with van der Waals surface area (Å²) in [5.41, 5.74) is 0.469. The first-order chi connectivity index (χ1) is 9.25. The second-order valence-electron chi connectivity index (χ2n) is 5.89. The first-order valence-corrected chi connectivity index (χ1v) is 6.89. The highest BCUT2D eigenvalue weighted by Gasteiger charge is 2.20. The molecular formula is C14H23ClN4O. The van der Waals surface area contributed by atoms with Gasteiger partial charge in [-0.15, -0.1) is 0 Å². The summed E-state index contributed by atoms with van der Waals surface area (Å²) in [5, 5.41) is 6.22. The van der Waals surface area contributed by atoms with Crippen LogP contribution >= 0.6 is 11.6 Å². The lowest BCUT2D eigenvalue weighted by molar-refractivity contribution is 0.0929. The lowest BCUT2D eigenvalue weighted by Crippen LogP contribution is -2.40. The first-order valence-electron chi connectivity index (χ1n) is 6.51. The van der Waals surface area contributed by atoms with Gasteiger partial charge in [0.2, 0.25) is 0 Å². The largest absolute Gasteiger partial charge is 0.372 e. The zero-order valence-electron chi connectivity index (χ0n) is 12.7. The molecule has 1 amide bonds. The Balaban J connectivity index is 2.65. The van der Waals surface area contributed by atoms with Gasteiger partial charge in [-0.2, -0.15) is 0 Å². The summed E-state index contributed by atoms with van der Waals surface area (Å²) < 4.78 is 0. The number of nitrogens with zero attached hydrogens (tertiary/aromatic N) is 2. The van der Waals surface area contributed by atoms with Crippen LogP contribution in [-0.4, -0.2) is 50.0 Å². The van der Waals surface area contributed by atoms with Crippen LogP contribution < -0.4 is 10.6 Å². The van der Waals surface area contributed by atoms with E-state index in [9.17, 15) is 4.79 Å². The van der Waals surface area contributed by atoms with E-state index >= 15 is 0 Å². The Morgan fingerprint density at radius 1 is 1.45 bits per heavy atom. The monoisotopic (exact) mass is 298 g/mol. The molecule has 20 heavy (non-hydrogen) atoms. The summed E-state index contributed by atoms with van der Waals surface area (Å²) in [4.78, 5) is 18.3. The van der Waals surface area contributed by atoms with E-state index in [-0.39, 0.29) is 11.3 Å². The van der Waals surface area contributed by atoms with Crippen LogP contribution in [0, 0.1) is 5.41 Å². The van der Waals surface area contributed by atoms with Gasteiger partial charge in [-0.25, -0.2) is 4.98 Å². The summed E-state index contributed by atoms with van der Waals surface area (Å²) in [7, 11) is 5.77. The Morgan fingerprint density at radius 2 is 2.10 bits per heavy atom. The van der Waals surface area contributed by atoms with Gasteiger partial charge in [0.05, 0.1) is 10.6 Å². The Labute approximate surface area is 125 Å². The van der Waals surface area contributed by atoms with Gasteiger partial charge in [0, 0.05) is 26.3 Å². The predicted molar refractivity (Wildman–Crippen MR) is 83.5 cm³/mol. The van der Waals surface area contributed by atoms with Crippen molar-refractivity contribution in [1.82, 2.24) is 15.2 Å². The molecule has 1 rings (SSSR count). The second-order valence-corrected chi connectivity index (χ2v) is 6.30. The molecule has 0 spiro atoms. The van der Waals surface area contributed by atoms with Crippen LogP contribution in [0.15, 0.2) is 12.3 Å². The number of hydrogen-bond acceptors (Lipinski definition) is 4. The van der Waals surface area contributed by atoms with Crippen LogP contribution in [0.3, 0.4) is 0 Å². The number of hydrogen-bond donors (Lipinski definition) is 2. The fraction of sp³-hybridized carbons (Fsp3) is 0.571. The molecule has 0 aliphatic carbocycles. The second kappa shape index (κ2) is 6.90. The van der Waals surface area contributed by atoms with Crippen molar-refractivity contribution in [1.29, 1.82) is 0 Å². The van der Waals surface area contributed by atoms with E-state index in [1.165, 1.54) is 6.20 Å². The zero-order valence-corrected chi connectivity index (χ0v) is 13.5. The van der Waals surface area contributed by atoms with Gasteiger partial charge in [0.25, 0.3) is 5.91 Å².